The molecule has 0 spiro atoms. The van der Waals surface area contributed by atoms with Crippen molar-refractivity contribution in [3.8, 4) is 0 Å². The average Bonchev–Trinajstić information content (AvgIpc) is 2.49. The molecule has 116 valence electrons. The molecule has 1 atom stereocenters. The lowest BCUT2D eigenvalue weighted by Gasteiger charge is -2.14. The Kier molecular flexibility index (Phi) is 5.78. The number of rotatable bonds is 5. The smallest absolute Gasteiger partial charge is 0.231 e. The number of anilines is 1. The van der Waals surface area contributed by atoms with Crippen molar-refractivity contribution in [1.29, 1.82) is 0 Å². The van der Waals surface area contributed by atoms with Gasteiger partial charge in [-0.25, -0.2) is 0 Å². The molecule has 1 amide bonds. The van der Waals surface area contributed by atoms with Crippen molar-refractivity contribution in [3.05, 3.63) is 64.1 Å². The minimum absolute atomic E-state index is 0.00325. The molecule has 2 aromatic carbocycles. The highest BCUT2D eigenvalue weighted by Gasteiger charge is 2.16. The summed E-state index contributed by atoms with van der Waals surface area (Å²) in [6, 6.07) is 16.0. The molecule has 0 aromatic heterocycles. The van der Waals surface area contributed by atoms with Gasteiger partial charge in [0.2, 0.25) is 5.91 Å². The highest BCUT2D eigenvalue weighted by molar-refractivity contribution is 9.10. The van der Waals surface area contributed by atoms with Crippen molar-refractivity contribution in [2.45, 2.75) is 33.1 Å². The van der Waals surface area contributed by atoms with Gasteiger partial charge in [-0.05, 0) is 58.5 Å². The topological polar surface area (TPSA) is 29.1 Å². The maximum Gasteiger partial charge on any atom is 0.231 e. The Morgan fingerprint density at radius 1 is 1.05 bits per heavy atom. The molecule has 0 heterocycles. The number of carbonyl (C=O) groups is 1. The van der Waals surface area contributed by atoms with Crippen molar-refractivity contribution in [3.63, 3.8) is 0 Å². The summed E-state index contributed by atoms with van der Waals surface area (Å²) in [6.07, 6.45) is 1.07. The molecule has 2 aromatic rings. The summed E-state index contributed by atoms with van der Waals surface area (Å²) >= 11 is 3.45. The summed E-state index contributed by atoms with van der Waals surface area (Å²) < 4.78 is 0.892. The van der Waals surface area contributed by atoms with E-state index in [1.807, 2.05) is 31.2 Å². The van der Waals surface area contributed by atoms with Crippen LogP contribution in [0.4, 0.5) is 5.69 Å². The fraction of sp³-hybridized carbons (Fsp3) is 0.316. The van der Waals surface area contributed by atoms with Crippen LogP contribution in [-0.2, 0) is 11.2 Å². The van der Waals surface area contributed by atoms with Gasteiger partial charge in [-0.2, -0.15) is 0 Å². The van der Waals surface area contributed by atoms with E-state index in [1.165, 1.54) is 5.56 Å². The lowest BCUT2D eigenvalue weighted by Crippen LogP contribution is -2.19. The van der Waals surface area contributed by atoms with Gasteiger partial charge in [-0.3, -0.25) is 4.79 Å². The molecule has 3 heteroatoms. The van der Waals surface area contributed by atoms with E-state index in [2.05, 4.69) is 59.4 Å². The fourth-order valence-corrected chi connectivity index (χ4v) is 2.75. The molecule has 2 rings (SSSR count). The van der Waals surface area contributed by atoms with Gasteiger partial charge in [0.05, 0.1) is 11.6 Å². The van der Waals surface area contributed by atoms with E-state index >= 15 is 0 Å². The Hall–Kier alpha value is -1.61. The van der Waals surface area contributed by atoms with Crippen LogP contribution in [0.1, 0.15) is 37.8 Å². The maximum atomic E-state index is 12.4. The van der Waals surface area contributed by atoms with Crippen molar-refractivity contribution >= 4 is 27.5 Å². The van der Waals surface area contributed by atoms with Crippen LogP contribution in [0.15, 0.2) is 53.0 Å². The van der Waals surface area contributed by atoms with Gasteiger partial charge in [0.15, 0.2) is 0 Å². The van der Waals surface area contributed by atoms with E-state index < -0.39 is 0 Å². The fourth-order valence-electron chi connectivity index (χ4n) is 2.37. The maximum absolute atomic E-state index is 12.4. The van der Waals surface area contributed by atoms with E-state index in [0.29, 0.717) is 5.92 Å². The number of para-hydroxylation sites is 1. The molecule has 22 heavy (non-hydrogen) atoms. The van der Waals surface area contributed by atoms with E-state index in [4.69, 9.17) is 0 Å². The normalized spacial score (nSPS) is 12.2. The van der Waals surface area contributed by atoms with Crippen LogP contribution >= 0.6 is 15.9 Å². The minimum atomic E-state index is -0.180. The minimum Gasteiger partial charge on any atom is -0.325 e. The number of carbonyl (C=O) groups excluding carboxylic acids is 1. The van der Waals surface area contributed by atoms with Gasteiger partial charge in [-0.15, -0.1) is 0 Å². The van der Waals surface area contributed by atoms with Gasteiger partial charge in [0.25, 0.3) is 0 Å². The highest BCUT2D eigenvalue weighted by Crippen LogP contribution is 2.24. The molecule has 1 unspecified atom stereocenters. The van der Waals surface area contributed by atoms with Gasteiger partial charge in [-0.1, -0.05) is 50.2 Å². The second-order valence-electron chi connectivity index (χ2n) is 6.03. The Morgan fingerprint density at radius 2 is 1.68 bits per heavy atom. The molecule has 0 fully saturated rings. The first-order chi connectivity index (χ1) is 10.5. The van der Waals surface area contributed by atoms with E-state index in [-0.39, 0.29) is 11.8 Å². The summed E-state index contributed by atoms with van der Waals surface area (Å²) in [5.41, 5.74) is 3.16. The second-order valence-corrected chi connectivity index (χ2v) is 6.88. The van der Waals surface area contributed by atoms with Crippen molar-refractivity contribution in [2.24, 2.45) is 5.92 Å². The first-order valence-corrected chi connectivity index (χ1v) is 8.41. The van der Waals surface area contributed by atoms with E-state index in [0.717, 1.165) is 22.1 Å². The van der Waals surface area contributed by atoms with Gasteiger partial charge in [0.1, 0.15) is 0 Å². The Balaban J connectivity index is 2.05. The van der Waals surface area contributed by atoms with E-state index in [1.54, 1.807) is 0 Å². The number of hydrogen-bond acceptors (Lipinski definition) is 1. The number of nitrogens with one attached hydrogen (secondary N) is 1. The zero-order valence-corrected chi connectivity index (χ0v) is 14.9. The van der Waals surface area contributed by atoms with Crippen LogP contribution in [0.25, 0.3) is 0 Å². The molecular formula is C19H22BrNO. The third-order valence-electron chi connectivity index (χ3n) is 3.65. The summed E-state index contributed by atoms with van der Waals surface area (Å²) in [5.74, 6) is 0.464. The predicted octanol–water partition coefficient (Wildman–Crippen LogP) is 5.39. The van der Waals surface area contributed by atoms with Crippen LogP contribution in [0, 0.1) is 5.92 Å². The van der Waals surface area contributed by atoms with Crippen molar-refractivity contribution in [2.75, 3.05) is 5.32 Å². The van der Waals surface area contributed by atoms with Crippen LogP contribution in [0.2, 0.25) is 0 Å². The summed E-state index contributed by atoms with van der Waals surface area (Å²) in [7, 11) is 0. The highest BCUT2D eigenvalue weighted by atomic mass is 79.9. The molecule has 0 aliphatic heterocycles. The van der Waals surface area contributed by atoms with Gasteiger partial charge in [0, 0.05) is 4.47 Å². The molecule has 0 saturated heterocycles. The van der Waals surface area contributed by atoms with Crippen LogP contribution in [0.5, 0.6) is 0 Å². The van der Waals surface area contributed by atoms with Gasteiger partial charge >= 0.3 is 0 Å². The van der Waals surface area contributed by atoms with Crippen LogP contribution < -0.4 is 5.32 Å². The molecule has 0 aliphatic carbocycles. The summed E-state index contributed by atoms with van der Waals surface area (Å²) in [4.78, 5) is 12.4. The Morgan fingerprint density at radius 3 is 2.27 bits per heavy atom. The molecule has 0 aliphatic rings. The van der Waals surface area contributed by atoms with Crippen LogP contribution in [0.3, 0.4) is 0 Å². The molecule has 0 radical (unpaired) electrons. The quantitative estimate of drug-likeness (QED) is 0.761. The third kappa shape index (κ3) is 4.44. The largest absolute Gasteiger partial charge is 0.325 e. The first-order valence-electron chi connectivity index (χ1n) is 7.61. The summed E-state index contributed by atoms with van der Waals surface area (Å²) in [6.45, 7) is 6.35. The second kappa shape index (κ2) is 7.59. The van der Waals surface area contributed by atoms with Crippen molar-refractivity contribution < 1.29 is 4.79 Å². The summed E-state index contributed by atoms with van der Waals surface area (Å²) in [5, 5.41) is 2.97. The SMILES string of the molecule is CC(C)Cc1ccc(C(C)C(=O)Nc2ccccc2Br)cc1. The number of benzene rings is 2. The zero-order valence-electron chi connectivity index (χ0n) is 13.3. The molecule has 0 bridgehead atoms. The van der Waals surface area contributed by atoms with Crippen LogP contribution in [-0.4, -0.2) is 5.91 Å². The first kappa shape index (κ1) is 16.8. The molecule has 2 nitrogen and oxygen atoms in total. The Labute approximate surface area is 141 Å². The average molecular weight is 360 g/mol. The van der Waals surface area contributed by atoms with Gasteiger partial charge < -0.3 is 5.32 Å². The third-order valence-corrected chi connectivity index (χ3v) is 4.34. The number of amides is 1. The standard InChI is InChI=1S/C19H22BrNO/c1-13(2)12-15-8-10-16(11-9-15)14(3)19(22)21-18-7-5-4-6-17(18)20/h4-11,13-14H,12H2,1-3H3,(H,21,22). The molecule has 1 N–H and O–H groups in total. The monoisotopic (exact) mass is 359 g/mol. The lowest BCUT2D eigenvalue weighted by molar-refractivity contribution is -0.117. The molecular weight excluding hydrogens is 338 g/mol. The number of halogens is 1. The van der Waals surface area contributed by atoms with Crippen molar-refractivity contribution in [1.82, 2.24) is 0 Å². The Bertz CT molecular complexity index is 634. The lowest BCUT2D eigenvalue weighted by atomic mass is 9.96. The molecule has 0 saturated carbocycles. The predicted molar refractivity (Wildman–Crippen MR) is 96.2 cm³/mol. The zero-order chi connectivity index (χ0) is 16.1. The number of hydrogen-bond donors (Lipinski definition) is 1. The van der Waals surface area contributed by atoms with E-state index in [9.17, 15) is 4.79 Å².